The number of carbonyl (C=O) groups is 1. The van der Waals surface area contributed by atoms with Crippen LogP contribution in [0.5, 0.6) is 0 Å². The van der Waals surface area contributed by atoms with Crippen LogP contribution in [0.25, 0.3) is 0 Å². The van der Waals surface area contributed by atoms with Gasteiger partial charge < -0.3 is 15.4 Å². The molecule has 6 nitrogen and oxygen atoms in total. The fourth-order valence-corrected chi connectivity index (χ4v) is 4.43. The van der Waals surface area contributed by atoms with Gasteiger partial charge in [0.05, 0.1) is 17.9 Å². The quantitative estimate of drug-likeness (QED) is 0.587. The molecule has 1 saturated heterocycles. The van der Waals surface area contributed by atoms with Crippen molar-refractivity contribution in [2.24, 2.45) is 0 Å². The minimum absolute atomic E-state index is 0.0190. The number of thioether (sulfide) groups is 1. The summed E-state index contributed by atoms with van der Waals surface area (Å²) in [7, 11) is 0. The van der Waals surface area contributed by atoms with Crippen LogP contribution in [0.4, 0.5) is 5.13 Å². The SMILES string of the molecule is C[C@@H](NC(=O)CSc1nnc(NC[C@H]2CCCO2)s1)c1ccc(Br)cc1. The highest BCUT2D eigenvalue weighted by Crippen LogP contribution is 2.26. The number of nitrogens with one attached hydrogen (secondary N) is 2. The predicted molar refractivity (Wildman–Crippen MR) is 109 cm³/mol. The second-order valence-electron chi connectivity index (χ2n) is 6.02. The summed E-state index contributed by atoms with van der Waals surface area (Å²) in [5.74, 6) is 0.302. The van der Waals surface area contributed by atoms with Crippen LogP contribution in [-0.2, 0) is 9.53 Å². The molecule has 1 aromatic heterocycles. The van der Waals surface area contributed by atoms with Gasteiger partial charge >= 0.3 is 0 Å². The van der Waals surface area contributed by atoms with Gasteiger partial charge in [0.1, 0.15) is 0 Å². The molecular weight excluding hydrogens is 436 g/mol. The van der Waals surface area contributed by atoms with Crippen molar-refractivity contribution in [3.8, 4) is 0 Å². The zero-order valence-electron chi connectivity index (χ0n) is 14.4. The van der Waals surface area contributed by atoms with Gasteiger partial charge in [-0.2, -0.15) is 0 Å². The van der Waals surface area contributed by atoms with E-state index in [9.17, 15) is 4.79 Å². The summed E-state index contributed by atoms with van der Waals surface area (Å²) in [6, 6.07) is 7.91. The number of rotatable bonds is 8. The van der Waals surface area contributed by atoms with E-state index in [0.717, 1.165) is 45.5 Å². The van der Waals surface area contributed by atoms with Crippen molar-refractivity contribution in [1.29, 1.82) is 0 Å². The molecule has 0 radical (unpaired) electrons. The molecule has 1 aromatic carbocycles. The number of ether oxygens (including phenoxy) is 1. The zero-order valence-corrected chi connectivity index (χ0v) is 17.6. The van der Waals surface area contributed by atoms with Crippen LogP contribution in [0.3, 0.4) is 0 Å². The molecule has 1 amide bonds. The molecule has 140 valence electrons. The van der Waals surface area contributed by atoms with E-state index in [1.54, 1.807) is 0 Å². The smallest absolute Gasteiger partial charge is 0.230 e. The fraction of sp³-hybridized carbons (Fsp3) is 0.471. The number of carbonyl (C=O) groups excluding carboxylic acids is 1. The fourth-order valence-electron chi connectivity index (χ4n) is 2.59. The number of hydrogen-bond donors (Lipinski definition) is 2. The molecule has 3 rings (SSSR count). The van der Waals surface area contributed by atoms with Crippen molar-refractivity contribution in [2.45, 2.75) is 36.3 Å². The molecule has 1 fully saturated rings. The summed E-state index contributed by atoms with van der Waals surface area (Å²) in [6.45, 7) is 3.58. The third-order valence-corrected chi connectivity index (χ3v) is 6.53. The molecule has 1 aliphatic rings. The van der Waals surface area contributed by atoms with Crippen LogP contribution in [0.15, 0.2) is 33.1 Å². The van der Waals surface area contributed by atoms with Crippen molar-refractivity contribution in [3.63, 3.8) is 0 Å². The molecule has 0 saturated carbocycles. The molecule has 0 unspecified atom stereocenters. The monoisotopic (exact) mass is 456 g/mol. The first-order chi connectivity index (χ1) is 12.6. The molecule has 1 aliphatic heterocycles. The summed E-state index contributed by atoms with van der Waals surface area (Å²) < 4.78 is 7.38. The van der Waals surface area contributed by atoms with E-state index in [0.29, 0.717) is 5.75 Å². The lowest BCUT2D eigenvalue weighted by Gasteiger charge is -2.14. The Morgan fingerprint density at radius 2 is 2.23 bits per heavy atom. The van der Waals surface area contributed by atoms with Crippen LogP contribution in [0, 0.1) is 0 Å². The standard InChI is InChI=1S/C17H21BrN4O2S2/c1-11(12-4-6-13(18)7-5-12)20-15(23)10-25-17-22-21-16(26-17)19-9-14-3-2-8-24-14/h4-7,11,14H,2-3,8-10H2,1H3,(H,19,21)(H,20,23)/t11-,14-/m1/s1. The number of halogens is 1. The Kier molecular flexibility index (Phi) is 7.30. The van der Waals surface area contributed by atoms with Crippen molar-refractivity contribution in [1.82, 2.24) is 15.5 Å². The maximum atomic E-state index is 12.2. The third-order valence-electron chi connectivity index (χ3n) is 3.99. The van der Waals surface area contributed by atoms with Crippen molar-refractivity contribution in [2.75, 3.05) is 24.2 Å². The molecule has 9 heteroatoms. The van der Waals surface area contributed by atoms with Crippen LogP contribution >= 0.6 is 39.0 Å². The van der Waals surface area contributed by atoms with Gasteiger partial charge in [-0.1, -0.05) is 51.2 Å². The average Bonchev–Trinajstić information content (AvgIpc) is 3.30. The first kappa shape index (κ1) is 19.6. The van der Waals surface area contributed by atoms with Gasteiger partial charge in [0.2, 0.25) is 11.0 Å². The Bertz CT molecular complexity index is 720. The third kappa shape index (κ3) is 5.94. The molecule has 2 heterocycles. The normalized spacial score (nSPS) is 17.8. The van der Waals surface area contributed by atoms with Crippen LogP contribution in [-0.4, -0.2) is 41.1 Å². The van der Waals surface area contributed by atoms with Crippen LogP contribution in [0.2, 0.25) is 0 Å². The lowest BCUT2D eigenvalue weighted by Crippen LogP contribution is -2.28. The maximum Gasteiger partial charge on any atom is 0.230 e. The number of hydrogen-bond acceptors (Lipinski definition) is 7. The summed E-state index contributed by atoms with van der Waals surface area (Å²) in [4.78, 5) is 12.2. The summed E-state index contributed by atoms with van der Waals surface area (Å²) in [5, 5.41) is 15.3. The Hall–Kier alpha value is -1.16. The second kappa shape index (κ2) is 9.68. The van der Waals surface area contributed by atoms with E-state index in [4.69, 9.17) is 4.74 Å². The molecule has 0 spiro atoms. The van der Waals surface area contributed by atoms with Crippen molar-refractivity contribution >= 4 is 50.1 Å². The number of amides is 1. The predicted octanol–water partition coefficient (Wildman–Crippen LogP) is 3.86. The Morgan fingerprint density at radius 1 is 1.42 bits per heavy atom. The summed E-state index contributed by atoms with van der Waals surface area (Å²) >= 11 is 6.28. The number of aromatic nitrogens is 2. The van der Waals surface area contributed by atoms with Gasteiger partial charge in [-0.3, -0.25) is 4.79 Å². The minimum Gasteiger partial charge on any atom is -0.376 e. The highest BCUT2D eigenvalue weighted by atomic mass is 79.9. The van der Waals surface area contributed by atoms with E-state index in [2.05, 4.69) is 36.8 Å². The Balaban J connectivity index is 1.40. The topological polar surface area (TPSA) is 76.1 Å². The molecule has 26 heavy (non-hydrogen) atoms. The number of nitrogens with zero attached hydrogens (tertiary/aromatic N) is 2. The first-order valence-electron chi connectivity index (χ1n) is 8.47. The molecule has 2 atom stereocenters. The summed E-state index contributed by atoms with van der Waals surface area (Å²) in [6.07, 6.45) is 2.47. The molecule has 0 bridgehead atoms. The first-order valence-corrected chi connectivity index (χ1v) is 11.1. The van der Waals surface area contributed by atoms with Gasteiger partial charge in [0, 0.05) is 17.6 Å². The Labute approximate surface area is 169 Å². The summed E-state index contributed by atoms with van der Waals surface area (Å²) in [5.41, 5.74) is 1.07. The maximum absolute atomic E-state index is 12.2. The highest BCUT2D eigenvalue weighted by Gasteiger charge is 2.16. The van der Waals surface area contributed by atoms with E-state index in [1.807, 2.05) is 31.2 Å². The molecular formula is C17H21BrN4O2S2. The van der Waals surface area contributed by atoms with E-state index in [1.165, 1.54) is 23.1 Å². The van der Waals surface area contributed by atoms with Gasteiger partial charge in [-0.05, 0) is 37.5 Å². The largest absolute Gasteiger partial charge is 0.376 e. The average molecular weight is 457 g/mol. The minimum atomic E-state index is -0.0331. The lowest BCUT2D eigenvalue weighted by molar-refractivity contribution is -0.119. The Morgan fingerprint density at radius 3 is 2.96 bits per heavy atom. The van der Waals surface area contributed by atoms with Crippen molar-refractivity contribution in [3.05, 3.63) is 34.3 Å². The molecule has 2 aromatic rings. The highest BCUT2D eigenvalue weighted by molar-refractivity contribution is 9.10. The zero-order chi connectivity index (χ0) is 18.4. The van der Waals surface area contributed by atoms with E-state index in [-0.39, 0.29) is 18.1 Å². The van der Waals surface area contributed by atoms with Gasteiger partial charge in [-0.25, -0.2) is 0 Å². The number of anilines is 1. The van der Waals surface area contributed by atoms with E-state index >= 15 is 0 Å². The van der Waals surface area contributed by atoms with Gasteiger partial charge in [0.25, 0.3) is 0 Å². The van der Waals surface area contributed by atoms with Gasteiger partial charge in [0.15, 0.2) is 4.34 Å². The number of benzene rings is 1. The van der Waals surface area contributed by atoms with Crippen LogP contribution < -0.4 is 10.6 Å². The van der Waals surface area contributed by atoms with Gasteiger partial charge in [-0.15, -0.1) is 10.2 Å². The van der Waals surface area contributed by atoms with Crippen molar-refractivity contribution < 1.29 is 9.53 Å². The second-order valence-corrected chi connectivity index (χ2v) is 9.13. The lowest BCUT2D eigenvalue weighted by atomic mass is 10.1. The van der Waals surface area contributed by atoms with E-state index < -0.39 is 0 Å². The molecule has 0 aliphatic carbocycles. The molecule has 2 N–H and O–H groups in total. The van der Waals surface area contributed by atoms with Crippen LogP contribution in [0.1, 0.15) is 31.4 Å².